The van der Waals surface area contributed by atoms with E-state index in [1.165, 1.54) is 25.1 Å². The molecule has 2 aromatic carbocycles. The largest absolute Gasteiger partial charge is 0.497 e. The Labute approximate surface area is 188 Å². The van der Waals surface area contributed by atoms with Gasteiger partial charge in [0.1, 0.15) is 17.5 Å². The fourth-order valence-electron chi connectivity index (χ4n) is 2.42. The zero-order valence-corrected chi connectivity index (χ0v) is 17.9. The van der Waals surface area contributed by atoms with Crippen LogP contribution in [0, 0.1) is 10.1 Å². The minimum atomic E-state index is -1.03. The summed E-state index contributed by atoms with van der Waals surface area (Å²) in [6.07, 6.45) is 2.80. The van der Waals surface area contributed by atoms with E-state index in [1.807, 2.05) is 0 Å². The van der Waals surface area contributed by atoms with E-state index in [4.69, 9.17) is 21.1 Å². The van der Waals surface area contributed by atoms with Crippen molar-refractivity contribution in [2.24, 2.45) is 0 Å². The lowest BCUT2D eigenvalue weighted by molar-refractivity contribution is -0.383. The smallest absolute Gasteiger partial charge is 0.328 e. The van der Waals surface area contributed by atoms with Crippen LogP contribution in [0.15, 0.2) is 48.5 Å². The van der Waals surface area contributed by atoms with Gasteiger partial charge in [-0.1, -0.05) is 23.7 Å². The van der Waals surface area contributed by atoms with Crippen molar-refractivity contribution < 1.29 is 28.8 Å². The number of ether oxygens (including phenoxy) is 2. The standard InChI is InChI=1S/C21H20ClN3O7/c1-13(23-19(26)10-5-14-3-7-16(31-2)8-4-14)21(28)32-12-20(27)24-17-9-6-15(22)11-18(17)25(29)30/h3-11,13H,12H2,1-2H3,(H,23,26)(H,24,27). The number of nitro groups is 1. The maximum atomic E-state index is 12.0. The summed E-state index contributed by atoms with van der Waals surface area (Å²) in [5.74, 6) is -1.50. The molecule has 2 aromatic rings. The summed E-state index contributed by atoms with van der Waals surface area (Å²) < 4.78 is 9.90. The maximum Gasteiger partial charge on any atom is 0.328 e. The van der Waals surface area contributed by atoms with Gasteiger partial charge in [-0.05, 0) is 42.8 Å². The summed E-state index contributed by atoms with van der Waals surface area (Å²) >= 11 is 5.72. The highest BCUT2D eigenvalue weighted by atomic mass is 35.5. The van der Waals surface area contributed by atoms with E-state index in [0.29, 0.717) is 5.75 Å². The zero-order valence-electron chi connectivity index (χ0n) is 17.2. The summed E-state index contributed by atoms with van der Waals surface area (Å²) in [7, 11) is 1.55. The van der Waals surface area contributed by atoms with Gasteiger partial charge in [0.25, 0.3) is 11.6 Å². The minimum absolute atomic E-state index is 0.0922. The highest BCUT2D eigenvalue weighted by Crippen LogP contribution is 2.27. The van der Waals surface area contributed by atoms with Gasteiger partial charge >= 0.3 is 5.97 Å². The number of esters is 1. The quantitative estimate of drug-likeness (QED) is 0.253. The highest BCUT2D eigenvalue weighted by Gasteiger charge is 2.20. The van der Waals surface area contributed by atoms with Crippen LogP contribution in [-0.4, -0.2) is 42.5 Å². The van der Waals surface area contributed by atoms with Gasteiger partial charge in [0.15, 0.2) is 6.61 Å². The fraction of sp³-hybridized carbons (Fsp3) is 0.190. The molecule has 2 N–H and O–H groups in total. The topological polar surface area (TPSA) is 137 Å². The molecule has 0 bridgehead atoms. The average molecular weight is 462 g/mol. The lowest BCUT2D eigenvalue weighted by Gasteiger charge is -2.12. The van der Waals surface area contributed by atoms with Crippen LogP contribution < -0.4 is 15.4 Å². The van der Waals surface area contributed by atoms with E-state index >= 15 is 0 Å². The third kappa shape index (κ3) is 7.40. The Morgan fingerprint density at radius 1 is 1.19 bits per heavy atom. The molecule has 0 aliphatic rings. The van der Waals surface area contributed by atoms with Crippen molar-refractivity contribution in [3.63, 3.8) is 0 Å². The van der Waals surface area contributed by atoms with E-state index in [-0.39, 0.29) is 10.7 Å². The van der Waals surface area contributed by atoms with Gasteiger partial charge in [0.05, 0.1) is 12.0 Å². The number of nitrogens with zero attached hydrogens (tertiary/aromatic N) is 1. The molecule has 2 amide bonds. The Balaban J connectivity index is 1.83. The number of halogens is 1. The molecule has 0 radical (unpaired) electrons. The van der Waals surface area contributed by atoms with E-state index in [2.05, 4.69) is 10.6 Å². The molecule has 0 aliphatic carbocycles. The number of hydrogen-bond donors (Lipinski definition) is 2. The first-order valence-corrected chi connectivity index (χ1v) is 9.60. The molecular weight excluding hydrogens is 442 g/mol. The van der Waals surface area contributed by atoms with Gasteiger partial charge in [0.2, 0.25) is 5.91 Å². The SMILES string of the molecule is COc1ccc(C=CC(=O)NC(C)C(=O)OCC(=O)Nc2ccc(Cl)cc2[N+](=O)[O-])cc1. The third-order valence-electron chi connectivity index (χ3n) is 4.03. The first-order chi connectivity index (χ1) is 15.2. The number of amides is 2. The van der Waals surface area contributed by atoms with Crippen molar-refractivity contribution in [3.8, 4) is 5.75 Å². The Kier molecular flexibility index (Phi) is 8.72. The van der Waals surface area contributed by atoms with Gasteiger partial charge in [-0.3, -0.25) is 19.7 Å². The predicted molar refractivity (Wildman–Crippen MR) is 117 cm³/mol. The van der Waals surface area contributed by atoms with Crippen LogP contribution in [0.1, 0.15) is 12.5 Å². The molecule has 168 valence electrons. The zero-order chi connectivity index (χ0) is 23.7. The second-order valence-corrected chi connectivity index (χ2v) is 6.85. The van der Waals surface area contributed by atoms with E-state index in [0.717, 1.165) is 11.6 Å². The number of nitro benzene ring substituents is 1. The summed E-state index contributed by atoms with van der Waals surface area (Å²) in [5.41, 5.74) is 0.260. The van der Waals surface area contributed by atoms with Gasteiger partial charge in [-0.25, -0.2) is 4.79 Å². The van der Waals surface area contributed by atoms with Gasteiger partial charge < -0.3 is 20.1 Å². The molecular formula is C21H20ClN3O7. The molecule has 11 heteroatoms. The minimum Gasteiger partial charge on any atom is -0.497 e. The number of hydrogen-bond acceptors (Lipinski definition) is 7. The summed E-state index contributed by atoms with van der Waals surface area (Å²) in [5, 5.41) is 15.9. The van der Waals surface area contributed by atoms with Crippen LogP contribution in [0.5, 0.6) is 5.75 Å². The van der Waals surface area contributed by atoms with Crippen LogP contribution in [0.3, 0.4) is 0 Å². The predicted octanol–water partition coefficient (Wildman–Crippen LogP) is 2.96. The summed E-state index contributed by atoms with van der Waals surface area (Å²) in [6, 6.07) is 9.67. The molecule has 10 nitrogen and oxygen atoms in total. The summed E-state index contributed by atoms with van der Waals surface area (Å²) in [4.78, 5) is 46.3. The van der Waals surface area contributed by atoms with Crippen molar-refractivity contribution in [1.82, 2.24) is 5.32 Å². The third-order valence-corrected chi connectivity index (χ3v) is 4.27. The Hall–Kier alpha value is -3.92. The van der Waals surface area contributed by atoms with Crippen molar-refractivity contribution >= 4 is 46.8 Å². The Bertz CT molecular complexity index is 1040. The second-order valence-electron chi connectivity index (χ2n) is 6.41. The van der Waals surface area contributed by atoms with Crippen molar-refractivity contribution in [1.29, 1.82) is 0 Å². The number of rotatable bonds is 9. The highest BCUT2D eigenvalue weighted by molar-refractivity contribution is 6.31. The number of carbonyl (C=O) groups excluding carboxylic acids is 3. The monoisotopic (exact) mass is 461 g/mol. The van der Waals surface area contributed by atoms with Gasteiger partial charge in [-0.2, -0.15) is 0 Å². The first-order valence-electron chi connectivity index (χ1n) is 9.22. The van der Waals surface area contributed by atoms with E-state index in [1.54, 1.807) is 37.5 Å². The molecule has 32 heavy (non-hydrogen) atoms. The molecule has 0 fully saturated rings. The number of nitrogens with one attached hydrogen (secondary N) is 2. The van der Waals surface area contributed by atoms with Crippen molar-refractivity contribution in [2.75, 3.05) is 19.0 Å². The summed E-state index contributed by atoms with van der Waals surface area (Å²) in [6.45, 7) is 0.698. The number of anilines is 1. The van der Waals surface area contributed by atoms with Gasteiger partial charge in [0, 0.05) is 17.2 Å². The molecule has 1 unspecified atom stereocenters. The van der Waals surface area contributed by atoms with Gasteiger partial charge in [-0.15, -0.1) is 0 Å². The van der Waals surface area contributed by atoms with Crippen LogP contribution in [0.4, 0.5) is 11.4 Å². The molecule has 0 aliphatic heterocycles. The maximum absolute atomic E-state index is 12.0. The van der Waals surface area contributed by atoms with E-state index in [9.17, 15) is 24.5 Å². The molecule has 0 saturated carbocycles. The average Bonchev–Trinajstić information content (AvgIpc) is 2.77. The van der Waals surface area contributed by atoms with Crippen molar-refractivity contribution in [2.45, 2.75) is 13.0 Å². The van der Waals surface area contributed by atoms with Crippen LogP contribution in [-0.2, 0) is 19.1 Å². The van der Waals surface area contributed by atoms with Crippen LogP contribution in [0.25, 0.3) is 6.08 Å². The molecule has 0 spiro atoms. The Morgan fingerprint density at radius 2 is 1.88 bits per heavy atom. The number of benzene rings is 2. The molecule has 0 saturated heterocycles. The van der Waals surface area contributed by atoms with Crippen LogP contribution >= 0.6 is 11.6 Å². The first kappa shape index (κ1) is 24.4. The van der Waals surface area contributed by atoms with Crippen LogP contribution in [0.2, 0.25) is 5.02 Å². The molecule has 0 heterocycles. The molecule has 2 rings (SSSR count). The lowest BCUT2D eigenvalue weighted by Crippen LogP contribution is -2.39. The molecule has 0 aromatic heterocycles. The lowest BCUT2D eigenvalue weighted by atomic mass is 10.2. The Morgan fingerprint density at radius 3 is 2.50 bits per heavy atom. The number of carbonyl (C=O) groups is 3. The van der Waals surface area contributed by atoms with E-state index < -0.39 is 41.0 Å². The molecule has 1 atom stereocenters. The second kappa shape index (κ2) is 11.5. The fourth-order valence-corrected chi connectivity index (χ4v) is 2.58. The van der Waals surface area contributed by atoms with Crippen molar-refractivity contribution in [3.05, 3.63) is 69.2 Å². The number of methoxy groups -OCH3 is 1. The normalized spacial score (nSPS) is 11.5.